The molecule has 1 heterocycles. The van der Waals surface area contributed by atoms with Gasteiger partial charge in [0.1, 0.15) is 6.04 Å². The van der Waals surface area contributed by atoms with Gasteiger partial charge in [0, 0.05) is 19.0 Å². The Kier molecular flexibility index (Phi) is 2.52. The highest BCUT2D eigenvalue weighted by Gasteiger charge is 2.40. The molecule has 2 fully saturated rings. The van der Waals surface area contributed by atoms with Crippen LogP contribution in [0.4, 0.5) is 4.79 Å². The smallest absolute Gasteiger partial charge is 0.326 e. The molecule has 84 valence electrons. The van der Waals surface area contributed by atoms with Gasteiger partial charge in [-0.25, -0.2) is 9.59 Å². The average molecular weight is 214 g/mol. The van der Waals surface area contributed by atoms with Crippen molar-refractivity contribution in [3.05, 3.63) is 0 Å². The lowest BCUT2D eigenvalue weighted by Gasteiger charge is -2.21. The SMILES string of the molecule is O=C(O)[C@@H]1C[C@@H](O)CN1C(=O)NC1CC1. The zero-order chi connectivity index (χ0) is 11.0. The highest BCUT2D eigenvalue weighted by Crippen LogP contribution is 2.22. The van der Waals surface area contributed by atoms with E-state index in [0.29, 0.717) is 0 Å². The fourth-order valence-electron chi connectivity index (χ4n) is 1.76. The number of nitrogens with one attached hydrogen (secondary N) is 1. The van der Waals surface area contributed by atoms with Gasteiger partial charge in [-0.3, -0.25) is 0 Å². The van der Waals surface area contributed by atoms with Crippen LogP contribution in [0.3, 0.4) is 0 Å². The van der Waals surface area contributed by atoms with Crippen LogP contribution in [0.1, 0.15) is 19.3 Å². The van der Waals surface area contributed by atoms with E-state index in [1.54, 1.807) is 0 Å². The van der Waals surface area contributed by atoms with Crippen LogP contribution in [0, 0.1) is 0 Å². The number of hydrogen-bond acceptors (Lipinski definition) is 3. The maximum absolute atomic E-state index is 11.6. The number of amides is 2. The number of carboxylic acid groups (broad SMARTS) is 1. The van der Waals surface area contributed by atoms with E-state index >= 15 is 0 Å². The molecule has 0 aromatic carbocycles. The Labute approximate surface area is 86.9 Å². The molecule has 0 radical (unpaired) electrons. The maximum atomic E-state index is 11.6. The highest BCUT2D eigenvalue weighted by molar-refractivity contribution is 5.83. The molecule has 1 saturated heterocycles. The van der Waals surface area contributed by atoms with Gasteiger partial charge in [-0.2, -0.15) is 0 Å². The number of aliphatic hydroxyl groups is 1. The largest absolute Gasteiger partial charge is 0.480 e. The van der Waals surface area contributed by atoms with Crippen LogP contribution in [0.2, 0.25) is 0 Å². The summed E-state index contributed by atoms with van der Waals surface area (Å²) in [4.78, 5) is 23.6. The number of hydrogen-bond donors (Lipinski definition) is 3. The topological polar surface area (TPSA) is 89.9 Å². The summed E-state index contributed by atoms with van der Waals surface area (Å²) in [5, 5.41) is 20.9. The van der Waals surface area contributed by atoms with Crippen LogP contribution in [-0.4, -0.2) is 51.8 Å². The summed E-state index contributed by atoms with van der Waals surface area (Å²) >= 11 is 0. The molecule has 2 amide bonds. The van der Waals surface area contributed by atoms with Crippen LogP contribution in [0.5, 0.6) is 0 Å². The van der Waals surface area contributed by atoms with E-state index in [2.05, 4.69) is 5.32 Å². The molecule has 2 atom stereocenters. The number of rotatable bonds is 2. The Morgan fingerprint density at radius 2 is 2.00 bits per heavy atom. The third kappa shape index (κ3) is 2.20. The van der Waals surface area contributed by atoms with Gasteiger partial charge in [0.05, 0.1) is 6.10 Å². The Bertz CT molecular complexity index is 290. The molecule has 1 saturated carbocycles. The summed E-state index contributed by atoms with van der Waals surface area (Å²) in [6.07, 6.45) is 1.31. The second kappa shape index (κ2) is 3.69. The molecule has 2 rings (SSSR count). The summed E-state index contributed by atoms with van der Waals surface area (Å²) in [6, 6.07) is -1.06. The molecule has 15 heavy (non-hydrogen) atoms. The highest BCUT2D eigenvalue weighted by atomic mass is 16.4. The molecule has 0 aromatic rings. The minimum atomic E-state index is -1.06. The fourth-order valence-corrected chi connectivity index (χ4v) is 1.76. The molecular formula is C9H14N2O4. The van der Waals surface area contributed by atoms with Crippen LogP contribution in [-0.2, 0) is 4.79 Å². The van der Waals surface area contributed by atoms with Gasteiger partial charge in [-0.05, 0) is 12.8 Å². The van der Waals surface area contributed by atoms with Crippen molar-refractivity contribution in [2.45, 2.75) is 37.5 Å². The molecule has 6 nitrogen and oxygen atoms in total. The number of nitrogens with zero attached hydrogens (tertiary/aromatic N) is 1. The Balaban J connectivity index is 1.98. The summed E-state index contributed by atoms with van der Waals surface area (Å²) in [7, 11) is 0. The van der Waals surface area contributed by atoms with Crippen molar-refractivity contribution in [1.82, 2.24) is 10.2 Å². The summed E-state index contributed by atoms with van der Waals surface area (Å²) < 4.78 is 0. The Hall–Kier alpha value is -1.30. The zero-order valence-corrected chi connectivity index (χ0v) is 8.22. The zero-order valence-electron chi connectivity index (χ0n) is 8.22. The molecule has 0 spiro atoms. The number of aliphatic carboxylic acids is 1. The van der Waals surface area contributed by atoms with Crippen molar-refractivity contribution < 1.29 is 19.8 Å². The Morgan fingerprint density at radius 1 is 1.33 bits per heavy atom. The fraction of sp³-hybridized carbons (Fsp3) is 0.778. The number of β-amino-alcohol motifs (C(OH)–C–C–N with tert-alkyl or cyclic N) is 1. The molecule has 0 aromatic heterocycles. The first kappa shape index (κ1) is 10.2. The van der Waals surface area contributed by atoms with E-state index in [4.69, 9.17) is 5.11 Å². The molecule has 0 unspecified atom stereocenters. The van der Waals surface area contributed by atoms with Crippen molar-refractivity contribution in [2.75, 3.05) is 6.54 Å². The third-order valence-corrected chi connectivity index (χ3v) is 2.73. The Morgan fingerprint density at radius 3 is 2.53 bits per heavy atom. The van der Waals surface area contributed by atoms with Gasteiger partial charge in [-0.1, -0.05) is 0 Å². The second-order valence-corrected chi connectivity index (χ2v) is 4.12. The molecule has 1 aliphatic carbocycles. The monoisotopic (exact) mass is 214 g/mol. The van der Waals surface area contributed by atoms with Gasteiger partial charge in [0.2, 0.25) is 0 Å². The molecule has 2 aliphatic rings. The normalized spacial score (nSPS) is 30.3. The van der Waals surface area contributed by atoms with Crippen LogP contribution < -0.4 is 5.32 Å². The van der Waals surface area contributed by atoms with E-state index in [1.165, 1.54) is 4.90 Å². The first-order valence-electron chi connectivity index (χ1n) is 5.06. The number of urea groups is 1. The van der Waals surface area contributed by atoms with E-state index in [0.717, 1.165) is 12.8 Å². The van der Waals surface area contributed by atoms with Gasteiger partial charge >= 0.3 is 12.0 Å². The number of likely N-dealkylation sites (tertiary alicyclic amines) is 1. The molecule has 1 aliphatic heterocycles. The van der Waals surface area contributed by atoms with Crippen molar-refractivity contribution in [3.63, 3.8) is 0 Å². The summed E-state index contributed by atoms with van der Waals surface area (Å²) in [5.41, 5.74) is 0. The van der Waals surface area contributed by atoms with E-state index in [9.17, 15) is 14.7 Å². The van der Waals surface area contributed by atoms with Gasteiger partial charge in [-0.15, -0.1) is 0 Å². The lowest BCUT2D eigenvalue weighted by atomic mass is 10.2. The number of carboxylic acids is 1. The summed E-state index contributed by atoms with van der Waals surface area (Å²) in [5.74, 6) is -1.06. The molecular weight excluding hydrogens is 200 g/mol. The number of aliphatic hydroxyl groups excluding tert-OH is 1. The van der Waals surface area contributed by atoms with Gasteiger partial charge in [0.15, 0.2) is 0 Å². The van der Waals surface area contributed by atoms with Crippen LogP contribution in [0.25, 0.3) is 0 Å². The first-order chi connectivity index (χ1) is 7.08. The van der Waals surface area contributed by atoms with Crippen LogP contribution >= 0.6 is 0 Å². The molecule has 3 N–H and O–H groups in total. The van der Waals surface area contributed by atoms with Crippen molar-refractivity contribution >= 4 is 12.0 Å². The van der Waals surface area contributed by atoms with Crippen LogP contribution in [0.15, 0.2) is 0 Å². The minimum absolute atomic E-state index is 0.107. The standard InChI is InChI=1S/C9H14N2O4/c12-6-3-7(8(13)14)11(4-6)9(15)10-5-1-2-5/h5-7,12H,1-4H2,(H,10,15)(H,13,14)/t6-,7+/m1/s1. The third-order valence-electron chi connectivity index (χ3n) is 2.73. The predicted molar refractivity (Wildman–Crippen MR) is 50.3 cm³/mol. The lowest BCUT2D eigenvalue weighted by molar-refractivity contribution is -0.141. The number of carbonyl (C=O) groups is 2. The van der Waals surface area contributed by atoms with E-state index in [-0.39, 0.29) is 25.0 Å². The minimum Gasteiger partial charge on any atom is -0.480 e. The van der Waals surface area contributed by atoms with E-state index in [1.807, 2.05) is 0 Å². The molecule has 6 heteroatoms. The first-order valence-corrected chi connectivity index (χ1v) is 5.06. The maximum Gasteiger partial charge on any atom is 0.326 e. The summed E-state index contributed by atoms with van der Waals surface area (Å²) in [6.45, 7) is 0.107. The van der Waals surface area contributed by atoms with E-state index < -0.39 is 18.1 Å². The second-order valence-electron chi connectivity index (χ2n) is 4.12. The van der Waals surface area contributed by atoms with Crippen molar-refractivity contribution in [2.24, 2.45) is 0 Å². The van der Waals surface area contributed by atoms with Gasteiger partial charge < -0.3 is 20.4 Å². The van der Waals surface area contributed by atoms with Gasteiger partial charge in [0.25, 0.3) is 0 Å². The number of carbonyl (C=O) groups excluding carboxylic acids is 1. The van der Waals surface area contributed by atoms with Crippen molar-refractivity contribution in [1.29, 1.82) is 0 Å². The van der Waals surface area contributed by atoms with Crippen molar-refractivity contribution in [3.8, 4) is 0 Å². The predicted octanol–water partition coefficient (Wildman–Crippen LogP) is -0.622. The molecule has 0 bridgehead atoms. The quantitative estimate of drug-likeness (QED) is 0.571. The lowest BCUT2D eigenvalue weighted by Crippen LogP contribution is -2.46. The average Bonchev–Trinajstić information content (AvgIpc) is 2.86.